The second-order valence-corrected chi connectivity index (χ2v) is 6.20. The van der Waals surface area contributed by atoms with Crippen LogP contribution in [0.4, 0.5) is 0 Å². The van der Waals surface area contributed by atoms with Crippen molar-refractivity contribution in [3.63, 3.8) is 0 Å². The van der Waals surface area contributed by atoms with Crippen LogP contribution >= 0.6 is 0 Å². The molecule has 24 heavy (non-hydrogen) atoms. The topological polar surface area (TPSA) is 102 Å². The average molecular weight is 337 g/mol. The van der Waals surface area contributed by atoms with Crippen LogP contribution in [0.5, 0.6) is 0 Å². The molecule has 1 amide bonds. The van der Waals surface area contributed by atoms with E-state index in [4.69, 9.17) is 9.84 Å². The summed E-state index contributed by atoms with van der Waals surface area (Å²) in [6, 6.07) is 5.60. The van der Waals surface area contributed by atoms with Gasteiger partial charge in [-0.1, -0.05) is 12.1 Å². The van der Waals surface area contributed by atoms with Gasteiger partial charge in [-0.05, 0) is 38.5 Å². The number of esters is 2. The smallest absolute Gasteiger partial charge is 0.338 e. The Morgan fingerprint density at radius 3 is 2.21 bits per heavy atom. The molecule has 1 aromatic carbocycles. The molecule has 7 heteroatoms. The number of methoxy groups -OCH3 is 1. The predicted octanol–water partition coefficient (Wildman–Crippen LogP) is 0.834. The van der Waals surface area contributed by atoms with Gasteiger partial charge in [0.1, 0.15) is 18.2 Å². The molecule has 1 atom stereocenters. The number of amides is 1. The normalized spacial score (nSPS) is 12.2. The van der Waals surface area contributed by atoms with Crippen molar-refractivity contribution in [1.29, 1.82) is 0 Å². The van der Waals surface area contributed by atoms with Crippen LogP contribution in [0.3, 0.4) is 0 Å². The Morgan fingerprint density at radius 2 is 1.75 bits per heavy atom. The first kappa shape index (κ1) is 19.6. The number of aliphatic hydroxyl groups is 1. The van der Waals surface area contributed by atoms with Crippen LogP contribution in [0, 0.1) is 0 Å². The molecule has 7 nitrogen and oxygen atoms in total. The SMILES string of the molecule is COC(=O)[C@@H](Cc1ccc(C(=O)OC(C)(C)C)cc1)NC(=O)CO. The van der Waals surface area contributed by atoms with Crippen LogP contribution in [0.1, 0.15) is 36.7 Å². The van der Waals surface area contributed by atoms with Gasteiger partial charge in [0.2, 0.25) is 5.91 Å². The maximum atomic E-state index is 12.0. The van der Waals surface area contributed by atoms with E-state index in [0.29, 0.717) is 5.56 Å². The van der Waals surface area contributed by atoms with Crippen LogP contribution in [0.2, 0.25) is 0 Å². The van der Waals surface area contributed by atoms with E-state index in [2.05, 4.69) is 10.1 Å². The van der Waals surface area contributed by atoms with Crippen molar-refractivity contribution >= 4 is 17.8 Å². The third-order valence-corrected chi connectivity index (χ3v) is 2.99. The highest BCUT2D eigenvalue weighted by atomic mass is 16.6. The van der Waals surface area contributed by atoms with Crippen molar-refractivity contribution in [2.45, 2.75) is 38.8 Å². The number of aliphatic hydroxyl groups excluding tert-OH is 1. The Hall–Kier alpha value is -2.41. The lowest BCUT2D eigenvalue weighted by Gasteiger charge is -2.19. The Labute approximate surface area is 141 Å². The summed E-state index contributed by atoms with van der Waals surface area (Å²) in [5.41, 5.74) is 0.527. The van der Waals surface area contributed by atoms with Crippen molar-refractivity contribution in [2.24, 2.45) is 0 Å². The highest BCUT2D eigenvalue weighted by molar-refractivity contribution is 5.89. The van der Waals surface area contributed by atoms with E-state index in [1.807, 2.05) is 0 Å². The fourth-order valence-corrected chi connectivity index (χ4v) is 1.93. The second kappa shape index (κ2) is 8.44. The van der Waals surface area contributed by atoms with Crippen molar-refractivity contribution in [3.8, 4) is 0 Å². The van der Waals surface area contributed by atoms with E-state index in [1.54, 1.807) is 45.0 Å². The van der Waals surface area contributed by atoms with Gasteiger partial charge in [-0.3, -0.25) is 4.79 Å². The average Bonchev–Trinajstić information content (AvgIpc) is 2.52. The molecule has 0 fully saturated rings. The highest BCUT2D eigenvalue weighted by Crippen LogP contribution is 2.14. The van der Waals surface area contributed by atoms with E-state index in [-0.39, 0.29) is 6.42 Å². The summed E-state index contributed by atoms with van der Waals surface area (Å²) in [5.74, 6) is -1.73. The van der Waals surface area contributed by atoms with Crippen LogP contribution in [-0.4, -0.2) is 48.3 Å². The van der Waals surface area contributed by atoms with Crippen LogP contribution in [0.15, 0.2) is 24.3 Å². The lowest BCUT2D eigenvalue weighted by atomic mass is 10.0. The molecule has 0 aliphatic carbocycles. The fourth-order valence-electron chi connectivity index (χ4n) is 1.93. The van der Waals surface area contributed by atoms with Crippen molar-refractivity contribution < 1.29 is 29.0 Å². The molecule has 0 saturated heterocycles. The van der Waals surface area contributed by atoms with Crippen LogP contribution in [0.25, 0.3) is 0 Å². The second-order valence-electron chi connectivity index (χ2n) is 6.20. The first-order valence-electron chi connectivity index (χ1n) is 7.46. The number of carbonyl (C=O) groups excluding carboxylic acids is 3. The Bertz CT molecular complexity index is 588. The molecule has 0 bridgehead atoms. The highest BCUT2D eigenvalue weighted by Gasteiger charge is 2.22. The third kappa shape index (κ3) is 6.37. The van der Waals surface area contributed by atoms with Crippen LogP contribution < -0.4 is 5.32 Å². The van der Waals surface area contributed by atoms with Gasteiger partial charge in [0, 0.05) is 6.42 Å². The predicted molar refractivity (Wildman–Crippen MR) is 86.3 cm³/mol. The minimum absolute atomic E-state index is 0.174. The zero-order chi connectivity index (χ0) is 18.3. The third-order valence-electron chi connectivity index (χ3n) is 2.99. The molecule has 0 heterocycles. The molecule has 132 valence electrons. The first-order chi connectivity index (χ1) is 11.2. The number of carbonyl (C=O) groups is 3. The van der Waals surface area contributed by atoms with Gasteiger partial charge in [-0.25, -0.2) is 9.59 Å². The molecule has 0 aliphatic heterocycles. The molecular weight excluding hydrogens is 314 g/mol. The standard InChI is InChI=1S/C17H23NO6/c1-17(2,3)24-15(21)12-7-5-11(6-8-12)9-13(16(22)23-4)18-14(20)10-19/h5-8,13,19H,9-10H2,1-4H3,(H,18,20)/t13-/m1/s1. The van der Waals surface area contributed by atoms with E-state index >= 15 is 0 Å². The lowest BCUT2D eigenvalue weighted by Crippen LogP contribution is -2.44. The maximum Gasteiger partial charge on any atom is 0.338 e. The van der Waals surface area contributed by atoms with Gasteiger partial charge in [-0.15, -0.1) is 0 Å². The molecule has 0 aliphatic rings. The molecular formula is C17H23NO6. The van der Waals surface area contributed by atoms with Gasteiger partial charge in [0.15, 0.2) is 0 Å². The first-order valence-corrected chi connectivity index (χ1v) is 7.46. The number of rotatable bonds is 6. The zero-order valence-electron chi connectivity index (χ0n) is 14.3. The summed E-state index contributed by atoms with van der Waals surface area (Å²) in [5, 5.41) is 11.2. The van der Waals surface area contributed by atoms with E-state index in [9.17, 15) is 14.4 Å². The van der Waals surface area contributed by atoms with Gasteiger partial charge < -0.3 is 19.9 Å². The van der Waals surface area contributed by atoms with Crippen LogP contribution in [-0.2, 0) is 25.5 Å². The molecule has 0 radical (unpaired) electrons. The molecule has 0 unspecified atom stereocenters. The van der Waals surface area contributed by atoms with Gasteiger partial charge >= 0.3 is 11.9 Å². The monoisotopic (exact) mass is 337 g/mol. The lowest BCUT2D eigenvalue weighted by molar-refractivity contribution is -0.145. The van der Waals surface area contributed by atoms with E-state index in [1.165, 1.54) is 7.11 Å². The Kier molecular flexibility index (Phi) is 6.91. The molecule has 0 spiro atoms. The number of nitrogens with one attached hydrogen (secondary N) is 1. The summed E-state index contributed by atoms with van der Waals surface area (Å²) in [4.78, 5) is 34.9. The zero-order valence-corrected chi connectivity index (χ0v) is 14.3. The maximum absolute atomic E-state index is 12.0. The van der Waals surface area contributed by atoms with Crippen molar-refractivity contribution in [1.82, 2.24) is 5.32 Å². The summed E-state index contributed by atoms with van der Waals surface area (Å²) < 4.78 is 9.91. The summed E-state index contributed by atoms with van der Waals surface area (Å²) >= 11 is 0. The largest absolute Gasteiger partial charge is 0.467 e. The fraction of sp³-hybridized carbons (Fsp3) is 0.471. The summed E-state index contributed by atoms with van der Waals surface area (Å²) in [7, 11) is 1.21. The Morgan fingerprint density at radius 1 is 1.17 bits per heavy atom. The van der Waals surface area contributed by atoms with Crippen molar-refractivity contribution in [2.75, 3.05) is 13.7 Å². The van der Waals surface area contributed by atoms with Gasteiger partial charge in [-0.2, -0.15) is 0 Å². The number of hydrogen-bond acceptors (Lipinski definition) is 6. The number of ether oxygens (including phenoxy) is 2. The van der Waals surface area contributed by atoms with E-state index in [0.717, 1.165) is 5.56 Å². The molecule has 0 saturated carbocycles. The van der Waals surface area contributed by atoms with Gasteiger partial charge in [0.05, 0.1) is 12.7 Å². The minimum atomic E-state index is -0.915. The molecule has 1 rings (SSSR count). The van der Waals surface area contributed by atoms with Gasteiger partial charge in [0.25, 0.3) is 0 Å². The number of hydrogen-bond donors (Lipinski definition) is 2. The number of benzene rings is 1. The van der Waals surface area contributed by atoms with Crippen molar-refractivity contribution in [3.05, 3.63) is 35.4 Å². The molecule has 2 N–H and O–H groups in total. The van der Waals surface area contributed by atoms with E-state index < -0.39 is 36.1 Å². The molecule has 0 aromatic heterocycles. The summed E-state index contributed by atoms with van der Waals surface area (Å²) in [6.45, 7) is 4.63. The minimum Gasteiger partial charge on any atom is -0.467 e. The summed E-state index contributed by atoms with van der Waals surface area (Å²) in [6.07, 6.45) is 0.174. The quantitative estimate of drug-likeness (QED) is 0.746. The Balaban J connectivity index is 2.81. The molecule has 1 aromatic rings.